The van der Waals surface area contributed by atoms with Gasteiger partial charge in [0.15, 0.2) is 5.60 Å². The lowest BCUT2D eigenvalue weighted by molar-refractivity contribution is -0.158. The van der Waals surface area contributed by atoms with Crippen LogP contribution >= 0.6 is 0 Å². The molecule has 0 amide bonds. The van der Waals surface area contributed by atoms with Crippen LogP contribution in [0.3, 0.4) is 0 Å². The normalized spacial score (nSPS) is 23.8. The van der Waals surface area contributed by atoms with Gasteiger partial charge in [0.05, 0.1) is 6.54 Å². The lowest BCUT2D eigenvalue weighted by atomic mass is 9.96. The highest BCUT2D eigenvalue weighted by Gasteiger charge is 2.33. The predicted octanol–water partition coefficient (Wildman–Crippen LogP) is -0.792. The van der Waals surface area contributed by atoms with Gasteiger partial charge in [0.2, 0.25) is 0 Å². The maximum atomic E-state index is 10.9. The molecular formula is C12H22N2O5. The average Bonchev–Trinajstić information content (AvgIpc) is 2.28. The number of carbonyl (C=O) groups is 2. The zero-order chi connectivity index (χ0) is 14.5. The van der Waals surface area contributed by atoms with Crippen LogP contribution in [0.15, 0.2) is 0 Å². The first kappa shape index (κ1) is 15.9. The van der Waals surface area contributed by atoms with Gasteiger partial charge in [-0.3, -0.25) is 9.69 Å². The van der Waals surface area contributed by atoms with Crippen LogP contribution in [-0.2, 0) is 9.59 Å². The Morgan fingerprint density at radius 1 is 1.42 bits per heavy atom. The Bertz CT molecular complexity index is 332. The Balaban J connectivity index is 2.37. The second-order valence-corrected chi connectivity index (χ2v) is 5.35. The highest BCUT2D eigenvalue weighted by molar-refractivity contribution is 5.76. The van der Waals surface area contributed by atoms with Crippen molar-refractivity contribution in [1.82, 2.24) is 10.2 Å². The summed E-state index contributed by atoms with van der Waals surface area (Å²) >= 11 is 0. The molecule has 110 valence electrons. The van der Waals surface area contributed by atoms with Crippen molar-refractivity contribution in [3.05, 3.63) is 0 Å². The fraction of sp³-hybridized carbons (Fsp3) is 0.833. The summed E-state index contributed by atoms with van der Waals surface area (Å²) in [5.41, 5.74) is -1.74. The van der Waals surface area contributed by atoms with Gasteiger partial charge >= 0.3 is 11.9 Å². The van der Waals surface area contributed by atoms with E-state index in [-0.39, 0.29) is 19.0 Å². The number of piperidine rings is 1. The average molecular weight is 274 g/mol. The monoisotopic (exact) mass is 274 g/mol. The van der Waals surface area contributed by atoms with Crippen LogP contribution in [0.1, 0.15) is 19.8 Å². The third kappa shape index (κ3) is 5.54. The zero-order valence-corrected chi connectivity index (χ0v) is 11.1. The molecule has 0 aromatic heterocycles. The molecule has 0 radical (unpaired) electrons. The minimum absolute atomic E-state index is 0.0661. The standard InChI is InChI=1S/C12H22N2O5/c1-12(19,11(17)18)8-14-4-2-3-9(7-14)5-13-6-10(15)16/h9,13,19H,2-8H2,1H3,(H,15,16)(H,17,18). The molecule has 0 aliphatic carbocycles. The molecule has 0 spiro atoms. The van der Waals surface area contributed by atoms with Gasteiger partial charge in [0.25, 0.3) is 0 Å². The van der Waals surface area contributed by atoms with E-state index in [0.717, 1.165) is 19.4 Å². The topological polar surface area (TPSA) is 110 Å². The largest absolute Gasteiger partial charge is 0.480 e. The summed E-state index contributed by atoms with van der Waals surface area (Å²) in [5.74, 6) is -1.82. The van der Waals surface area contributed by atoms with Gasteiger partial charge in [-0.25, -0.2) is 4.79 Å². The number of carboxylic acid groups (broad SMARTS) is 2. The van der Waals surface area contributed by atoms with Crippen LogP contribution < -0.4 is 5.32 Å². The molecular weight excluding hydrogens is 252 g/mol. The van der Waals surface area contributed by atoms with Gasteiger partial charge in [-0.2, -0.15) is 0 Å². The molecule has 4 N–H and O–H groups in total. The van der Waals surface area contributed by atoms with Crippen LogP contribution in [0.2, 0.25) is 0 Å². The molecule has 0 aromatic carbocycles. The number of nitrogens with zero attached hydrogens (tertiary/aromatic N) is 1. The number of carboxylic acids is 2. The van der Waals surface area contributed by atoms with Gasteiger partial charge in [-0.05, 0) is 38.8 Å². The number of aliphatic carboxylic acids is 2. The van der Waals surface area contributed by atoms with E-state index in [1.165, 1.54) is 6.92 Å². The van der Waals surface area contributed by atoms with Crippen molar-refractivity contribution in [2.75, 3.05) is 32.7 Å². The summed E-state index contributed by atoms with van der Waals surface area (Å²) in [6.45, 7) is 3.36. The Kier molecular flexibility index (Phi) is 5.71. The second-order valence-electron chi connectivity index (χ2n) is 5.35. The number of aliphatic hydroxyl groups is 1. The summed E-state index contributed by atoms with van der Waals surface area (Å²) in [6, 6.07) is 0. The van der Waals surface area contributed by atoms with Crippen LogP contribution in [0, 0.1) is 5.92 Å². The second kappa shape index (κ2) is 6.83. The quantitative estimate of drug-likeness (QED) is 0.481. The highest BCUT2D eigenvalue weighted by Crippen LogP contribution is 2.18. The third-order valence-corrected chi connectivity index (χ3v) is 3.30. The van der Waals surface area contributed by atoms with E-state index in [2.05, 4.69) is 5.32 Å². The highest BCUT2D eigenvalue weighted by atomic mass is 16.4. The molecule has 0 aromatic rings. The summed E-state index contributed by atoms with van der Waals surface area (Å²) < 4.78 is 0. The van der Waals surface area contributed by atoms with Crippen molar-refractivity contribution >= 4 is 11.9 Å². The Morgan fingerprint density at radius 2 is 2.11 bits per heavy atom. The maximum absolute atomic E-state index is 10.9. The summed E-state index contributed by atoms with van der Waals surface area (Å²) in [5, 5.41) is 30.0. The van der Waals surface area contributed by atoms with E-state index in [0.29, 0.717) is 13.1 Å². The molecule has 0 bridgehead atoms. The molecule has 0 saturated carbocycles. The molecule has 1 rings (SSSR count). The first-order valence-corrected chi connectivity index (χ1v) is 6.42. The van der Waals surface area contributed by atoms with Crippen LogP contribution in [-0.4, -0.2) is 70.5 Å². The van der Waals surface area contributed by atoms with Crippen LogP contribution in [0.25, 0.3) is 0 Å². The van der Waals surface area contributed by atoms with Crippen molar-refractivity contribution in [2.24, 2.45) is 5.92 Å². The van der Waals surface area contributed by atoms with E-state index < -0.39 is 17.5 Å². The van der Waals surface area contributed by atoms with Gasteiger partial charge in [0.1, 0.15) is 0 Å². The zero-order valence-electron chi connectivity index (χ0n) is 11.1. The number of hydrogen-bond acceptors (Lipinski definition) is 5. The number of hydrogen-bond donors (Lipinski definition) is 4. The van der Waals surface area contributed by atoms with Crippen LogP contribution in [0.5, 0.6) is 0 Å². The Hall–Kier alpha value is -1.18. The van der Waals surface area contributed by atoms with Gasteiger partial charge < -0.3 is 20.6 Å². The van der Waals surface area contributed by atoms with Crippen LogP contribution in [0.4, 0.5) is 0 Å². The number of nitrogens with one attached hydrogen (secondary N) is 1. The molecule has 1 aliphatic rings. The van der Waals surface area contributed by atoms with E-state index in [4.69, 9.17) is 10.2 Å². The van der Waals surface area contributed by atoms with Gasteiger partial charge in [-0.1, -0.05) is 0 Å². The molecule has 1 fully saturated rings. The first-order valence-electron chi connectivity index (χ1n) is 6.42. The molecule has 7 nitrogen and oxygen atoms in total. The molecule has 1 saturated heterocycles. The molecule has 2 unspecified atom stereocenters. The predicted molar refractivity (Wildman–Crippen MR) is 67.9 cm³/mol. The molecule has 7 heteroatoms. The molecule has 2 atom stereocenters. The van der Waals surface area contributed by atoms with E-state index in [1.807, 2.05) is 4.90 Å². The summed E-state index contributed by atoms with van der Waals surface area (Å²) in [4.78, 5) is 23.2. The van der Waals surface area contributed by atoms with Crippen molar-refractivity contribution in [3.63, 3.8) is 0 Å². The SMILES string of the molecule is CC(O)(CN1CCCC(CNCC(=O)O)C1)C(=O)O. The Morgan fingerprint density at radius 3 is 2.68 bits per heavy atom. The summed E-state index contributed by atoms with van der Waals surface area (Å²) in [7, 11) is 0. The number of rotatable bonds is 7. The van der Waals surface area contributed by atoms with Crippen molar-refractivity contribution in [3.8, 4) is 0 Å². The fourth-order valence-corrected chi connectivity index (χ4v) is 2.35. The molecule has 19 heavy (non-hydrogen) atoms. The lowest BCUT2D eigenvalue weighted by Crippen LogP contribution is -2.50. The van der Waals surface area contributed by atoms with Crippen molar-refractivity contribution in [1.29, 1.82) is 0 Å². The fourth-order valence-electron chi connectivity index (χ4n) is 2.35. The Labute approximate surface area is 112 Å². The summed E-state index contributed by atoms with van der Waals surface area (Å²) in [6.07, 6.45) is 1.91. The van der Waals surface area contributed by atoms with Gasteiger partial charge in [0, 0.05) is 13.1 Å². The van der Waals surface area contributed by atoms with Gasteiger partial charge in [-0.15, -0.1) is 0 Å². The van der Waals surface area contributed by atoms with Crippen molar-refractivity contribution in [2.45, 2.75) is 25.4 Å². The number of likely N-dealkylation sites (tertiary alicyclic amines) is 1. The smallest absolute Gasteiger partial charge is 0.336 e. The maximum Gasteiger partial charge on any atom is 0.336 e. The van der Waals surface area contributed by atoms with E-state index in [9.17, 15) is 14.7 Å². The minimum Gasteiger partial charge on any atom is -0.480 e. The lowest BCUT2D eigenvalue weighted by Gasteiger charge is -2.35. The van der Waals surface area contributed by atoms with Crippen molar-refractivity contribution < 1.29 is 24.9 Å². The molecule has 1 aliphatic heterocycles. The third-order valence-electron chi connectivity index (χ3n) is 3.30. The molecule has 1 heterocycles. The van der Waals surface area contributed by atoms with E-state index >= 15 is 0 Å². The first-order chi connectivity index (χ1) is 8.81. The van der Waals surface area contributed by atoms with E-state index in [1.54, 1.807) is 0 Å². The minimum atomic E-state index is -1.74. The number of β-amino-alcohol motifs (C(OH)–C–C–N with tert-alkyl or cyclic N) is 1.